The van der Waals surface area contributed by atoms with E-state index < -0.39 is 0 Å². The highest BCUT2D eigenvalue weighted by molar-refractivity contribution is 5.95. The van der Waals surface area contributed by atoms with Gasteiger partial charge in [-0.15, -0.1) is 0 Å². The summed E-state index contributed by atoms with van der Waals surface area (Å²) >= 11 is 0. The molecule has 1 aliphatic heterocycles. The Morgan fingerprint density at radius 2 is 2.45 bits per heavy atom. The van der Waals surface area contributed by atoms with E-state index in [0.29, 0.717) is 5.92 Å². The number of amides is 1. The van der Waals surface area contributed by atoms with E-state index in [-0.39, 0.29) is 5.91 Å². The molecule has 1 aromatic heterocycles. The van der Waals surface area contributed by atoms with Crippen molar-refractivity contribution in [3.63, 3.8) is 0 Å². The zero-order chi connectivity index (χ0) is 14.4. The van der Waals surface area contributed by atoms with Gasteiger partial charge < -0.3 is 9.64 Å². The number of aryl methyl sites for hydroxylation is 1. The van der Waals surface area contributed by atoms with Crippen LogP contribution < -0.4 is 0 Å². The van der Waals surface area contributed by atoms with Gasteiger partial charge in [0, 0.05) is 32.5 Å². The first-order valence-electron chi connectivity index (χ1n) is 7.56. The first-order valence-corrected chi connectivity index (χ1v) is 7.56. The van der Waals surface area contributed by atoms with Crippen LogP contribution in [0.15, 0.2) is 6.20 Å². The van der Waals surface area contributed by atoms with E-state index in [1.165, 1.54) is 6.42 Å². The fourth-order valence-electron chi connectivity index (χ4n) is 2.94. The summed E-state index contributed by atoms with van der Waals surface area (Å²) in [5.74, 6) is 0.742. The highest BCUT2D eigenvalue weighted by Gasteiger charge is 2.26. The van der Waals surface area contributed by atoms with Crippen molar-refractivity contribution in [2.24, 2.45) is 5.92 Å². The first kappa shape index (κ1) is 15.0. The lowest BCUT2D eigenvalue weighted by Gasteiger charge is -2.32. The molecule has 1 aliphatic rings. The fraction of sp³-hybridized carbons (Fsp3) is 0.733. The summed E-state index contributed by atoms with van der Waals surface area (Å²) in [5, 5.41) is 6.91. The lowest BCUT2D eigenvalue weighted by Crippen LogP contribution is -2.40. The van der Waals surface area contributed by atoms with E-state index in [1.54, 1.807) is 13.3 Å². The van der Waals surface area contributed by atoms with Crippen molar-refractivity contribution in [1.82, 2.24) is 15.1 Å². The molecule has 5 heteroatoms. The number of aromatic nitrogens is 2. The number of carbonyl (C=O) groups is 1. The van der Waals surface area contributed by atoms with Gasteiger partial charge in [-0.25, -0.2) is 0 Å². The number of ether oxygens (including phenoxy) is 1. The number of nitrogens with one attached hydrogen (secondary N) is 1. The Morgan fingerprint density at radius 1 is 1.60 bits per heavy atom. The van der Waals surface area contributed by atoms with Crippen molar-refractivity contribution in [2.45, 2.75) is 39.0 Å². The van der Waals surface area contributed by atoms with E-state index in [0.717, 1.165) is 56.6 Å². The van der Waals surface area contributed by atoms with Crippen molar-refractivity contribution >= 4 is 5.91 Å². The van der Waals surface area contributed by atoms with E-state index >= 15 is 0 Å². The number of hydrogen-bond donors (Lipinski definition) is 1. The van der Waals surface area contributed by atoms with Crippen LogP contribution in [0.4, 0.5) is 0 Å². The van der Waals surface area contributed by atoms with Crippen molar-refractivity contribution < 1.29 is 9.53 Å². The molecule has 1 N–H and O–H groups in total. The molecule has 0 spiro atoms. The fourth-order valence-corrected chi connectivity index (χ4v) is 2.94. The SMILES string of the molecule is CCc1[nH]ncc1C(=O)N1CCC[C@@H](CCCOC)C1. The van der Waals surface area contributed by atoms with Gasteiger partial charge >= 0.3 is 0 Å². The molecule has 2 rings (SSSR count). The summed E-state index contributed by atoms with van der Waals surface area (Å²) < 4.78 is 5.10. The summed E-state index contributed by atoms with van der Waals surface area (Å²) in [4.78, 5) is 14.5. The maximum absolute atomic E-state index is 12.6. The van der Waals surface area contributed by atoms with Gasteiger partial charge in [0.1, 0.15) is 0 Å². The zero-order valence-corrected chi connectivity index (χ0v) is 12.5. The van der Waals surface area contributed by atoms with Crippen LogP contribution in [-0.4, -0.2) is 47.8 Å². The molecule has 1 aromatic rings. The molecule has 2 heterocycles. The number of nitrogens with zero attached hydrogens (tertiary/aromatic N) is 2. The molecule has 1 fully saturated rings. The van der Waals surface area contributed by atoms with Crippen LogP contribution in [0.25, 0.3) is 0 Å². The number of rotatable bonds is 6. The number of piperidine rings is 1. The van der Waals surface area contributed by atoms with E-state index in [1.807, 2.05) is 11.8 Å². The Hall–Kier alpha value is -1.36. The summed E-state index contributed by atoms with van der Waals surface area (Å²) in [6.45, 7) is 4.59. The third-order valence-corrected chi connectivity index (χ3v) is 4.07. The predicted molar refractivity (Wildman–Crippen MR) is 77.7 cm³/mol. The average molecular weight is 279 g/mol. The molecule has 1 saturated heterocycles. The Bertz CT molecular complexity index is 431. The summed E-state index contributed by atoms with van der Waals surface area (Å²) in [6.07, 6.45) is 7.02. The summed E-state index contributed by atoms with van der Waals surface area (Å²) in [6, 6.07) is 0. The van der Waals surface area contributed by atoms with Crippen molar-refractivity contribution in [1.29, 1.82) is 0 Å². The normalized spacial score (nSPS) is 19.3. The molecule has 0 saturated carbocycles. The van der Waals surface area contributed by atoms with Gasteiger partial charge in [0.25, 0.3) is 5.91 Å². The second-order valence-corrected chi connectivity index (χ2v) is 5.51. The third-order valence-electron chi connectivity index (χ3n) is 4.07. The third kappa shape index (κ3) is 3.60. The van der Waals surface area contributed by atoms with Crippen LogP contribution in [-0.2, 0) is 11.2 Å². The van der Waals surface area contributed by atoms with E-state index in [2.05, 4.69) is 10.2 Å². The van der Waals surface area contributed by atoms with Crippen LogP contribution >= 0.6 is 0 Å². The van der Waals surface area contributed by atoms with Crippen LogP contribution in [0.1, 0.15) is 48.7 Å². The number of hydrogen-bond acceptors (Lipinski definition) is 3. The minimum atomic E-state index is 0.132. The Labute approximate surface area is 120 Å². The monoisotopic (exact) mass is 279 g/mol. The molecule has 1 amide bonds. The molecule has 20 heavy (non-hydrogen) atoms. The van der Waals surface area contributed by atoms with E-state index in [9.17, 15) is 4.79 Å². The lowest BCUT2D eigenvalue weighted by molar-refractivity contribution is 0.0659. The van der Waals surface area contributed by atoms with Crippen molar-refractivity contribution in [3.05, 3.63) is 17.5 Å². The van der Waals surface area contributed by atoms with Gasteiger partial charge in [0.05, 0.1) is 11.8 Å². The lowest BCUT2D eigenvalue weighted by atomic mass is 9.93. The van der Waals surface area contributed by atoms with Gasteiger partial charge in [-0.1, -0.05) is 6.92 Å². The summed E-state index contributed by atoms with van der Waals surface area (Å²) in [5.41, 5.74) is 1.68. The van der Waals surface area contributed by atoms with Crippen LogP contribution in [0, 0.1) is 5.92 Å². The Kier molecular flexibility index (Phi) is 5.59. The number of aromatic amines is 1. The first-order chi connectivity index (χ1) is 9.76. The van der Waals surface area contributed by atoms with Crippen LogP contribution in [0.2, 0.25) is 0 Å². The maximum atomic E-state index is 12.6. The predicted octanol–water partition coefficient (Wildman–Crippen LogP) is 2.25. The highest BCUT2D eigenvalue weighted by atomic mass is 16.5. The molecule has 1 atom stereocenters. The second kappa shape index (κ2) is 7.43. The molecule has 0 aliphatic carbocycles. The zero-order valence-electron chi connectivity index (χ0n) is 12.5. The van der Waals surface area contributed by atoms with Crippen LogP contribution in [0.3, 0.4) is 0 Å². The molecule has 5 nitrogen and oxygen atoms in total. The molecule has 0 aromatic carbocycles. The standard InChI is InChI=1S/C15H25N3O2/c1-3-14-13(10-16-17-14)15(19)18-8-4-6-12(11-18)7-5-9-20-2/h10,12H,3-9,11H2,1-2H3,(H,16,17)/t12-/m0/s1. The van der Waals surface area contributed by atoms with Gasteiger partial charge in [-0.2, -0.15) is 5.10 Å². The number of carbonyl (C=O) groups excluding carboxylic acids is 1. The van der Waals surface area contributed by atoms with Gasteiger partial charge in [0.2, 0.25) is 0 Å². The number of likely N-dealkylation sites (tertiary alicyclic amines) is 1. The minimum Gasteiger partial charge on any atom is -0.385 e. The summed E-state index contributed by atoms with van der Waals surface area (Å²) in [7, 11) is 1.74. The van der Waals surface area contributed by atoms with Gasteiger partial charge in [-0.3, -0.25) is 9.89 Å². The minimum absolute atomic E-state index is 0.132. The van der Waals surface area contributed by atoms with Crippen molar-refractivity contribution in [2.75, 3.05) is 26.8 Å². The van der Waals surface area contributed by atoms with Gasteiger partial charge in [-0.05, 0) is 38.0 Å². The molecule has 0 bridgehead atoms. The second-order valence-electron chi connectivity index (χ2n) is 5.51. The largest absolute Gasteiger partial charge is 0.385 e. The number of H-pyrrole nitrogens is 1. The molecular formula is C15H25N3O2. The topological polar surface area (TPSA) is 58.2 Å². The Morgan fingerprint density at radius 3 is 3.20 bits per heavy atom. The maximum Gasteiger partial charge on any atom is 0.257 e. The quantitative estimate of drug-likeness (QED) is 0.813. The Balaban J connectivity index is 1.93. The van der Waals surface area contributed by atoms with Gasteiger partial charge in [0.15, 0.2) is 0 Å². The molecule has 0 radical (unpaired) electrons. The molecular weight excluding hydrogens is 254 g/mol. The smallest absolute Gasteiger partial charge is 0.257 e. The van der Waals surface area contributed by atoms with Crippen molar-refractivity contribution in [3.8, 4) is 0 Å². The highest BCUT2D eigenvalue weighted by Crippen LogP contribution is 2.23. The van der Waals surface area contributed by atoms with E-state index in [4.69, 9.17) is 4.74 Å². The average Bonchev–Trinajstić information content (AvgIpc) is 2.95. The van der Waals surface area contributed by atoms with Crippen LogP contribution in [0.5, 0.6) is 0 Å². The molecule has 0 unspecified atom stereocenters. The molecule has 112 valence electrons. The number of methoxy groups -OCH3 is 1.